The van der Waals surface area contributed by atoms with Gasteiger partial charge in [-0.3, -0.25) is 0 Å². The van der Waals surface area contributed by atoms with E-state index in [9.17, 15) is 0 Å². The molecule has 0 aliphatic carbocycles. The number of hydrazine groups is 1. The number of ether oxygens (including phenoxy) is 2. The number of rotatable bonds is 5. The summed E-state index contributed by atoms with van der Waals surface area (Å²) in [6, 6.07) is 3.74. The van der Waals surface area contributed by atoms with Crippen LogP contribution in [-0.2, 0) is 6.42 Å². The van der Waals surface area contributed by atoms with Crippen LogP contribution in [0.15, 0.2) is 12.1 Å². The maximum absolute atomic E-state index is 6.19. The molecule has 6 heteroatoms. The summed E-state index contributed by atoms with van der Waals surface area (Å²) in [4.78, 5) is 4.53. The fraction of sp³-hybridized carbons (Fsp3) is 0.357. The third-order valence-electron chi connectivity index (χ3n) is 3.14. The Labute approximate surface area is 123 Å². The molecular formula is C14H18ClN3O2. The second-order valence-electron chi connectivity index (χ2n) is 4.38. The van der Waals surface area contributed by atoms with E-state index in [0.717, 1.165) is 23.8 Å². The van der Waals surface area contributed by atoms with Crippen molar-refractivity contribution in [2.45, 2.75) is 19.8 Å². The number of fused-ring (bicyclic) bond motifs is 1. The van der Waals surface area contributed by atoms with Crippen LogP contribution >= 0.6 is 11.6 Å². The molecule has 0 aliphatic heterocycles. The number of pyridine rings is 1. The largest absolute Gasteiger partial charge is 0.496 e. The lowest BCUT2D eigenvalue weighted by atomic mass is 10.1. The van der Waals surface area contributed by atoms with Crippen LogP contribution in [0, 0.1) is 0 Å². The molecule has 2 rings (SSSR count). The summed E-state index contributed by atoms with van der Waals surface area (Å²) >= 11 is 6.19. The molecule has 3 N–H and O–H groups in total. The molecule has 0 radical (unpaired) electrons. The van der Waals surface area contributed by atoms with Crippen LogP contribution in [0.3, 0.4) is 0 Å². The van der Waals surface area contributed by atoms with E-state index in [1.54, 1.807) is 20.3 Å². The van der Waals surface area contributed by atoms with Crippen molar-refractivity contribution in [3.05, 3.63) is 22.7 Å². The van der Waals surface area contributed by atoms with Crippen LogP contribution in [0.1, 0.15) is 18.9 Å². The lowest BCUT2D eigenvalue weighted by molar-refractivity contribution is 0.410. The van der Waals surface area contributed by atoms with E-state index in [2.05, 4.69) is 17.3 Å². The minimum atomic E-state index is 0.454. The second kappa shape index (κ2) is 6.15. The molecule has 1 aromatic heterocycles. The van der Waals surface area contributed by atoms with Gasteiger partial charge in [0.1, 0.15) is 17.1 Å². The fourth-order valence-corrected chi connectivity index (χ4v) is 2.50. The Morgan fingerprint density at radius 2 is 2.05 bits per heavy atom. The van der Waals surface area contributed by atoms with Crippen LogP contribution in [0.2, 0.25) is 5.02 Å². The highest BCUT2D eigenvalue weighted by Crippen LogP contribution is 2.40. The van der Waals surface area contributed by atoms with E-state index in [0.29, 0.717) is 27.9 Å². The summed E-state index contributed by atoms with van der Waals surface area (Å²) in [5.74, 6) is 7.36. The molecule has 1 heterocycles. The minimum Gasteiger partial charge on any atom is -0.496 e. The van der Waals surface area contributed by atoms with Gasteiger partial charge in [0.25, 0.3) is 0 Å². The molecule has 108 valence electrons. The molecule has 0 saturated carbocycles. The lowest BCUT2D eigenvalue weighted by Gasteiger charge is -2.15. The van der Waals surface area contributed by atoms with E-state index < -0.39 is 0 Å². The van der Waals surface area contributed by atoms with Crippen LogP contribution in [-0.4, -0.2) is 19.2 Å². The van der Waals surface area contributed by atoms with E-state index >= 15 is 0 Å². The van der Waals surface area contributed by atoms with Crippen molar-refractivity contribution in [1.29, 1.82) is 0 Å². The number of benzene rings is 1. The number of nitrogens with two attached hydrogens (primary N) is 1. The zero-order chi connectivity index (χ0) is 14.7. The van der Waals surface area contributed by atoms with Gasteiger partial charge in [-0.05, 0) is 18.1 Å². The van der Waals surface area contributed by atoms with Crippen molar-refractivity contribution >= 4 is 28.3 Å². The Morgan fingerprint density at radius 3 is 2.60 bits per heavy atom. The highest BCUT2D eigenvalue weighted by Gasteiger charge is 2.16. The average Bonchev–Trinajstić information content (AvgIpc) is 2.46. The van der Waals surface area contributed by atoms with Gasteiger partial charge < -0.3 is 14.9 Å². The van der Waals surface area contributed by atoms with Gasteiger partial charge >= 0.3 is 0 Å². The van der Waals surface area contributed by atoms with Gasteiger partial charge in [0.15, 0.2) is 5.75 Å². The molecule has 5 nitrogen and oxygen atoms in total. The monoisotopic (exact) mass is 295 g/mol. The van der Waals surface area contributed by atoms with E-state index in [1.165, 1.54) is 0 Å². The zero-order valence-corrected chi connectivity index (χ0v) is 12.5. The molecule has 0 fully saturated rings. The van der Waals surface area contributed by atoms with Crippen molar-refractivity contribution in [2.75, 3.05) is 19.6 Å². The predicted octanol–water partition coefficient (Wildman–Crippen LogP) is 3.14. The summed E-state index contributed by atoms with van der Waals surface area (Å²) in [6.45, 7) is 2.10. The van der Waals surface area contributed by atoms with Crippen LogP contribution in [0.25, 0.3) is 10.9 Å². The van der Waals surface area contributed by atoms with Crippen LogP contribution in [0.4, 0.5) is 5.82 Å². The molecule has 0 spiro atoms. The topological polar surface area (TPSA) is 69.4 Å². The van der Waals surface area contributed by atoms with Gasteiger partial charge in [0.05, 0.1) is 19.2 Å². The number of nitrogens with zero attached hydrogens (tertiary/aromatic N) is 1. The summed E-state index contributed by atoms with van der Waals surface area (Å²) in [5, 5.41) is 1.31. The number of nitrogens with one attached hydrogen (secondary N) is 1. The second-order valence-corrected chi connectivity index (χ2v) is 4.79. The zero-order valence-electron chi connectivity index (χ0n) is 11.8. The van der Waals surface area contributed by atoms with Crippen molar-refractivity contribution in [3.8, 4) is 11.5 Å². The molecular weight excluding hydrogens is 278 g/mol. The number of nitrogen functional groups attached to an aromatic ring is 1. The van der Waals surface area contributed by atoms with E-state index in [-0.39, 0.29) is 0 Å². The Balaban J connectivity index is 2.81. The Hall–Kier alpha value is -1.72. The predicted molar refractivity (Wildman–Crippen MR) is 81.7 cm³/mol. The number of aromatic nitrogens is 1. The third kappa shape index (κ3) is 2.46. The number of halogens is 1. The van der Waals surface area contributed by atoms with Crippen molar-refractivity contribution in [3.63, 3.8) is 0 Å². The Bertz CT molecular complexity index is 632. The Morgan fingerprint density at radius 1 is 1.30 bits per heavy atom. The highest BCUT2D eigenvalue weighted by molar-refractivity contribution is 6.33. The number of methoxy groups -OCH3 is 2. The maximum Gasteiger partial charge on any atom is 0.164 e. The van der Waals surface area contributed by atoms with Gasteiger partial charge in [0, 0.05) is 11.5 Å². The van der Waals surface area contributed by atoms with Gasteiger partial charge in [-0.2, -0.15) is 0 Å². The molecule has 0 atom stereocenters. The van der Waals surface area contributed by atoms with Crippen LogP contribution in [0.5, 0.6) is 11.5 Å². The first-order valence-corrected chi connectivity index (χ1v) is 6.74. The fourth-order valence-electron chi connectivity index (χ4n) is 2.24. The van der Waals surface area contributed by atoms with Crippen molar-refractivity contribution in [2.24, 2.45) is 5.84 Å². The summed E-state index contributed by atoms with van der Waals surface area (Å²) in [7, 11) is 3.16. The smallest absolute Gasteiger partial charge is 0.164 e. The standard InChI is InChI=1S/C14H18ClN3O2/c1-4-5-8-6-9-11(19-2)7-10(15)13(20-3)12(9)17-14(8)18-16/h6-7H,4-5,16H2,1-3H3,(H,17,18). The first-order valence-electron chi connectivity index (χ1n) is 6.36. The minimum absolute atomic E-state index is 0.454. The summed E-state index contributed by atoms with van der Waals surface area (Å²) < 4.78 is 10.7. The van der Waals surface area contributed by atoms with Gasteiger partial charge in [-0.15, -0.1) is 0 Å². The molecule has 0 amide bonds. The number of hydrogen-bond donors (Lipinski definition) is 2. The van der Waals surface area contributed by atoms with E-state index in [1.807, 2.05) is 6.07 Å². The molecule has 1 aromatic carbocycles. The maximum atomic E-state index is 6.19. The normalized spacial score (nSPS) is 10.7. The SMILES string of the molecule is CCCc1cc2c(OC)cc(Cl)c(OC)c2nc1NN. The summed E-state index contributed by atoms with van der Waals surface area (Å²) in [5.41, 5.74) is 4.29. The molecule has 0 aliphatic rings. The quantitative estimate of drug-likeness (QED) is 0.655. The highest BCUT2D eigenvalue weighted by atomic mass is 35.5. The van der Waals surface area contributed by atoms with Crippen molar-refractivity contribution < 1.29 is 9.47 Å². The first-order chi connectivity index (χ1) is 9.65. The van der Waals surface area contributed by atoms with Crippen LogP contribution < -0.4 is 20.7 Å². The average molecular weight is 296 g/mol. The van der Waals surface area contributed by atoms with Gasteiger partial charge in [-0.1, -0.05) is 24.9 Å². The van der Waals surface area contributed by atoms with E-state index in [4.69, 9.17) is 26.9 Å². The molecule has 0 unspecified atom stereocenters. The molecule has 0 saturated heterocycles. The Kier molecular flexibility index (Phi) is 4.52. The van der Waals surface area contributed by atoms with Gasteiger partial charge in [0.2, 0.25) is 0 Å². The van der Waals surface area contributed by atoms with Gasteiger partial charge in [-0.25, -0.2) is 10.8 Å². The molecule has 2 aromatic rings. The first kappa shape index (κ1) is 14.7. The third-order valence-corrected chi connectivity index (χ3v) is 3.42. The molecule has 20 heavy (non-hydrogen) atoms. The molecule has 0 bridgehead atoms. The lowest BCUT2D eigenvalue weighted by Crippen LogP contribution is -2.11. The number of anilines is 1. The number of hydrogen-bond acceptors (Lipinski definition) is 5. The van der Waals surface area contributed by atoms with Crippen molar-refractivity contribution in [1.82, 2.24) is 4.98 Å². The number of aryl methyl sites for hydroxylation is 1. The summed E-state index contributed by atoms with van der Waals surface area (Å²) in [6.07, 6.45) is 1.87.